The summed E-state index contributed by atoms with van der Waals surface area (Å²) in [5.74, 6) is -0.782. The van der Waals surface area contributed by atoms with Gasteiger partial charge < -0.3 is 10.2 Å². The van der Waals surface area contributed by atoms with Crippen molar-refractivity contribution in [2.75, 3.05) is 24.2 Å². The molecule has 0 radical (unpaired) electrons. The van der Waals surface area contributed by atoms with Gasteiger partial charge in [0.25, 0.3) is 0 Å². The molecule has 0 aliphatic carbocycles. The normalized spacial score (nSPS) is 12.2. The number of rotatable bonds is 8. The Morgan fingerprint density at radius 3 is 2.20 bits per heavy atom. The van der Waals surface area contributed by atoms with Crippen LogP contribution < -0.4 is 9.62 Å². The average molecular weight is 432 g/mol. The topological polar surface area (TPSA) is 86.8 Å². The van der Waals surface area contributed by atoms with E-state index in [4.69, 9.17) is 0 Å². The molecule has 0 bridgehead atoms. The molecule has 0 spiro atoms. The van der Waals surface area contributed by atoms with E-state index in [0.29, 0.717) is 5.69 Å². The molecule has 8 heteroatoms. The summed E-state index contributed by atoms with van der Waals surface area (Å²) in [5.41, 5.74) is 3.22. The van der Waals surface area contributed by atoms with Crippen molar-refractivity contribution in [2.24, 2.45) is 0 Å². The molecule has 2 aromatic carbocycles. The minimum atomic E-state index is -3.71. The smallest absolute Gasteiger partial charge is 0.244 e. The molecule has 0 fully saturated rings. The number of anilines is 1. The maximum Gasteiger partial charge on any atom is 0.244 e. The fraction of sp³-hybridized carbons (Fsp3) is 0.364. The third-order valence-corrected chi connectivity index (χ3v) is 6.00. The van der Waals surface area contributed by atoms with Crippen LogP contribution in [0, 0.1) is 13.8 Å². The van der Waals surface area contributed by atoms with Gasteiger partial charge in [0.05, 0.1) is 11.9 Å². The van der Waals surface area contributed by atoms with E-state index in [1.165, 1.54) is 11.9 Å². The number of sulfonamides is 1. The van der Waals surface area contributed by atoms with Gasteiger partial charge in [-0.2, -0.15) is 0 Å². The zero-order valence-corrected chi connectivity index (χ0v) is 18.9. The monoisotopic (exact) mass is 431 g/mol. The molecule has 0 unspecified atom stereocenters. The number of nitrogens with one attached hydrogen (secondary N) is 1. The maximum absolute atomic E-state index is 13.2. The first kappa shape index (κ1) is 23.4. The van der Waals surface area contributed by atoms with E-state index in [-0.39, 0.29) is 12.5 Å². The second-order valence-corrected chi connectivity index (χ2v) is 9.31. The molecule has 1 N–H and O–H groups in total. The Bertz CT molecular complexity index is 1000. The highest BCUT2D eigenvalue weighted by Gasteiger charge is 2.29. The lowest BCUT2D eigenvalue weighted by Crippen LogP contribution is -2.50. The van der Waals surface area contributed by atoms with Gasteiger partial charge in [0.2, 0.25) is 21.8 Å². The van der Waals surface area contributed by atoms with Crippen LogP contribution in [-0.2, 0) is 26.2 Å². The van der Waals surface area contributed by atoms with Gasteiger partial charge in [0, 0.05) is 13.6 Å². The van der Waals surface area contributed by atoms with E-state index < -0.39 is 28.5 Å². The fourth-order valence-electron chi connectivity index (χ4n) is 3.08. The molecular weight excluding hydrogens is 402 g/mol. The first-order valence-corrected chi connectivity index (χ1v) is 11.5. The summed E-state index contributed by atoms with van der Waals surface area (Å²) in [6, 6.07) is 13.8. The van der Waals surface area contributed by atoms with Crippen LogP contribution in [0.2, 0.25) is 0 Å². The summed E-state index contributed by atoms with van der Waals surface area (Å²) in [6.07, 6.45) is 1.06. The molecule has 1 atom stereocenters. The van der Waals surface area contributed by atoms with E-state index in [0.717, 1.165) is 27.3 Å². The van der Waals surface area contributed by atoms with Gasteiger partial charge in [-0.15, -0.1) is 0 Å². The number of carbonyl (C=O) groups excluding carboxylic acids is 2. The molecule has 0 aliphatic heterocycles. The van der Waals surface area contributed by atoms with E-state index in [2.05, 4.69) is 5.32 Å². The van der Waals surface area contributed by atoms with Crippen molar-refractivity contribution in [3.8, 4) is 0 Å². The molecule has 2 amide bonds. The van der Waals surface area contributed by atoms with Crippen LogP contribution in [0.4, 0.5) is 5.69 Å². The van der Waals surface area contributed by atoms with Gasteiger partial charge in [0.15, 0.2) is 0 Å². The Labute approximate surface area is 178 Å². The standard InChI is InChI=1S/C22H29N3O4S/c1-16-9-11-19(12-10-16)14-24(18(3)22(27)23-4)21(26)15-25(30(5,28)29)20-8-6-7-17(2)13-20/h6-13,18H,14-15H2,1-5H3,(H,23,27)/t18-/m1/s1. The number of carbonyl (C=O) groups is 2. The van der Waals surface area contributed by atoms with Crippen molar-refractivity contribution in [3.05, 3.63) is 65.2 Å². The zero-order valence-electron chi connectivity index (χ0n) is 18.0. The Morgan fingerprint density at radius 2 is 1.67 bits per heavy atom. The Balaban J connectivity index is 2.36. The third-order valence-electron chi connectivity index (χ3n) is 4.86. The Hall–Kier alpha value is -2.87. The highest BCUT2D eigenvalue weighted by atomic mass is 32.2. The second kappa shape index (κ2) is 9.75. The van der Waals surface area contributed by atoms with Crippen molar-refractivity contribution in [1.29, 1.82) is 0 Å². The predicted octanol–water partition coefficient (Wildman–Crippen LogP) is 2.23. The molecule has 0 aliphatic rings. The number of nitrogens with zero attached hydrogens (tertiary/aromatic N) is 2. The lowest BCUT2D eigenvalue weighted by molar-refractivity contribution is -0.139. The molecule has 0 aromatic heterocycles. The van der Waals surface area contributed by atoms with E-state index in [9.17, 15) is 18.0 Å². The Kier molecular flexibility index (Phi) is 7.61. The Morgan fingerprint density at radius 1 is 1.03 bits per heavy atom. The zero-order chi connectivity index (χ0) is 22.5. The number of hydrogen-bond acceptors (Lipinski definition) is 4. The van der Waals surface area contributed by atoms with Crippen LogP contribution in [0.25, 0.3) is 0 Å². The summed E-state index contributed by atoms with van der Waals surface area (Å²) >= 11 is 0. The van der Waals surface area contributed by atoms with E-state index in [1.54, 1.807) is 25.1 Å². The van der Waals surface area contributed by atoms with Gasteiger partial charge in [-0.25, -0.2) is 8.42 Å². The van der Waals surface area contributed by atoms with Crippen molar-refractivity contribution in [1.82, 2.24) is 10.2 Å². The first-order chi connectivity index (χ1) is 14.0. The number of benzene rings is 2. The second-order valence-electron chi connectivity index (χ2n) is 7.41. The van der Waals surface area contributed by atoms with Gasteiger partial charge in [0.1, 0.15) is 12.6 Å². The molecule has 0 saturated heterocycles. The van der Waals surface area contributed by atoms with Crippen LogP contribution in [0.15, 0.2) is 48.5 Å². The van der Waals surface area contributed by atoms with Crippen LogP contribution in [0.5, 0.6) is 0 Å². The molecular formula is C22H29N3O4S. The minimum absolute atomic E-state index is 0.194. The highest BCUT2D eigenvalue weighted by molar-refractivity contribution is 7.92. The van der Waals surface area contributed by atoms with Gasteiger partial charge in [-0.05, 0) is 44.0 Å². The summed E-state index contributed by atoms with van der Waals surface area (Å²) in [5, 5.41) is 2.55. The van der Waals surface area contributed by atoms with Crippen LogP contribution in [0.3, 0.4) is 0 Å². The van der Waals surface area contributed by atoms with Crippen molar-refractivity contribution in [3.63, 3.8) is 0 Å². The first-order valence-electron chi connectivity index (χ1n) is 9.64. The number of likely N-dealkylation sites (N-methyl/N-ethyl adjacent to an activating group) is 1. The molecule has 2 aromatic rings. The third kappa shape index (κ3) is 6.06. The van der Waals surface area contributed by atoms with Crippen LogP contribution >= 0.6 is 0 Å². The van der Waals surface area contributed by atoms with Crippen LogP contribution in [0.1, 0.15) is 23.6 Å². The number of amides is 2. The fourth-order valence-corrected chi connectivity index (χ4v) is 3.92. The average Bonchev–Trinajstić information content (AvgIpc) is 2.69. The summed E-state index contributed by atoms with van der Waals surface area (Å²) < 4.78 is 25.9. The van der Waals surface area contributed by atoms with Crippen molar-refractivity contribution >= 4 is 27.5 Å². The SMILES string of the molecule is CNC(=O)[C@@H](C)N(Cc1ccc(C)cc1)C(=O)CN(c1cccc(C)c1)S(C)(=O)=O. The largest absolute Gasteiger partial charge is 0.357 e. The molecule has 0 saturated carbocycles. The summed E-state index contributed by atoms with van der Waals surface area (Å²) in [6.45, 7) is 5.24. The van der Waals surface area contributed by atoms with Gasteiger partial charge >= 0.3 is 0 Å². The molecule has 2 rings (SSSR count). The lowest BCUT2D eigenvalue weighted by Gasteiger charge is -2.31. The number of hydrogen-bond donors (Lipinski definition) is 1. The van der Waals surface area contributed by atoms with Gasteiger partial charge in [-0.3, -0.25) is 13.9 Å². The lowest BCUT2D eigenvalue weighted by atomic mass is 10.1. The molecule has 30 heavy (non-hydrogen) atoms. The van der Waals surface area contributed by atoms with Gasteiger partial charge in [-0.1, -0.05) is 42.0 Å². The van der Waals surface area contributed by atoms with E-state index in [1.807, 2.05) is 44.2 Å². The molecule has 162 valence electrons. The highest BCUT2D eigenvalue weighted by Crippen LogP contribution is 2.20. The van der Waals surface area contributed by atoms with Crippen LogP contribution in [-0.4, -0.2) is 51.0 Å². The van der Waals surface area contributed by atoms with E-state index >= 15 is 0 Å². The minimum Gasteiger partial charge on any atom is -0.357 e. The summed E-state index contributed by atoms with van der Waals surface area (Å²) in [4.78, 5) is 26.9. The van der Waals surface area contributed by atoms with Crippen molar-refractivity contribution in [2.45, 2.75) is 33.4 Å². The maximum atomic E-state index is 13.2. The quantitative estimate of drug-likeness (QED) is 0.694. The van der Waals surface area contributed by atoms with Crippen molar-refractivity contribution < 1.29 is 18.0 Å². The summed E-state index contributed by atoms with van der Waals surface area (Å²) in [7, 11) is -2.21. The molecule has 7 nitrogen and oxygen atoms in total. The predicted molar refractivity (Wildman–Crippen MR) is 119 cm³/mol. The molecule has 0 heterocycles. The number of aryl methyl sites for hydroxylation is 2.